The molecule has 0 amide bonds. The fourth-order valence-corrected chi connectivity index (χ4v) is 3.64. The largest absolute Gasteiger partial charge is 0.497 e. The van der Waals surface area contributed by atoms with Crippen molar-refractivity contribution in [3.05, 3.63) is 28.2 Å². The first-order chi connectivity index (χ1) is 9.96. The normalized spacial score (nSPS) is 20.8. The Hall–Kier alpha value is -0.580. The van der Waals surface area contributed by atoms with Crippen LogP contribution in [0.1, 0.15) is 44.7 Å². The molecule has 0 spiro atoms. The molecule has 1 unspecified atom stereocenters. The lowest BCUT2D eigenvalue weighted by Gasteiger charge is -2.31. The van der Waals surface area contributed by atoms with Crippen LogP contribution in [0.2, 0.25) is 0 Å². The molecule has 2 rings (SSSR count). The average molecular weight is 355 g/mol. The predicted octanol–water partition coefficient (Wildman–Crippen LogP) is 3.97. The molecule has 1 saturated heterocycles. The van der Waals surface area contributed by atoms with E-state index in [0.717, 1.165) is 23.3 Å². The molecular formula is C17H27BrN2O. The van der Waals surface area contributed by atoms with Crippen LogP contribution in [-0.4, -0.2) is 31.6 Å². The van der Waals surface area contributed by atoms with Crippen LogP contribution in [-0.2, 0) is 0 Å². The summed E-state index contributed by atoms with van der Waals surface area (Å²) >= 11 is 3.67. The minimum atomic E-state index is 0.253. The molecule has 1 aromatic carbocycles. The van der Waals surface area contributed by atoms with E-state index in [0.29, 0.717) is 12.0 Å². The maximum absolute atomic E-state index is 6.11. The Kier molecular flexibility index (Phi) is 5.69. The predicted molar refractivity (Wildman–Crippen MR) is 91.7 cm³/mol. The van der Waals surface area contributed by atoms with Crippen LogP contribution in [0.25, 0.3) is 0 Å². The first-order valence-electron chi connectivity index (χ1n) is 7.74. The summed E-state index contributed by atoms with van der Waals surface area (Å²) in [6.07, 6.45) is 3.76. The van der Waals surface area contributed by atoms with E-state index in [2.05, 4.69) is 46.8 Å². The molecule has 0 radical (unpaired) electrons. The van der Waals surface area contributed by atoms with E-state index in [-0.39, 0.29) is 6.04 Å². The van der Waals surface area contributed by atoms with E-state index < -0.39 is 0 Å². The van der Waals surface area contributed by atoms with E-state index >= 15 is 0 Å². The van der Waals surface area contributed by atoms with Crippen molar-refractivity contribution in [1.82, 2.24) is 4.90 Å². The van der Waals surface area contributed by atoms with E-state index in [4.69, 9.17) is 10.5 Å². The molecule has 21 heavy (non-hydrogen) atoms. The number of nitrogens with two attached hydrogens (primary N) is 1. The fourth-order valence-electron chi connectivity index (χ4n) is 3.13. The number of benzene rings is 1. The second-order valence-electron chi connectivity index (χ2n) is 6.69. The molecular weight excluding hydrogens is 328 g/mol. The third-order valence-electron chi connectivity index (χ3n) is 4.60. The lowest BCUT2D eigenvalue weighted by molar-refractivity contribution is 0.199. The quantitative estimate of drug-likeness (QED) is 0.888. The van der Waals surface area contributed by atoms with Crippen LogP contribution < -0.4 is 10.5 Å². The Morgan fingerprint density at radius 3 is 2.76 bits per heavy atom. The summed E-state index contributed by atoms with van der Waals surface area (Å²) in [5.41, 5.74) is 7.79. The van der Waals surface area contributed by atoms with Gasteiger partial charge in [-0.05, 0) is 61.5 Å². The summed E-state index contributed by atoms with van der Waals surface area (Å²) < 4.78 is 6.48. The number of hydrogen-bond acceptors (Lipinski definition) is 3. The van der Waals surface area contributed by atoms with Gasteiger partial charge in [-0.2, -0.15) is 0 Å². The minimum Gasteiger partial charge on any atom is -0.497 e. The summed E-state index contributed by atoms with van der Waals surface area (Å²) in [5.74, 6) is 0.891. The van der Waals surface area contributed by atoms with Gasteiger partial charge in [-0.1, -0.05) is 29.8 Å². The molecule has 118 valence electrons. The molecule has 0 aromatic heterocycles. The average Bonchev–Trinajstić information content (AvgIpc) is 2.63. The van der Waals surface area contributed by atoms with Gasteiger partial charge in [0.15, 0.2) is 0 Å². The van der Waals surface area contributed by atoms with Gasteiger partial charge in [-0.3, -0.25) is 4.90 Å². The van der Waals surface area contributed by atoms with Crippen LogP contribution in [0, 0.1) is 5.41 Å². The second kappa shape index (κ2) is 7.12. The zero-order valence-corrected chi connectivity index (χ0v) is 14.9. The molecule has 1 heterocycles. The summed E-state index contributed by atoms with van der Waals surface area (Å²) in [6.45, 7) is 7.60. The van der Waals surface area contributed by atoms with Crippen LogP contribution in [0.4, 0.5) is 0 Å². The first kappa shape index (κ1) is 16.8. The number of nitrogens with zero attached hydrogens (tertiary/aromatic N) is 1. The van der Waals surface area contributed by atoms with Crippen molar-refractivity contribution >= 4 is 15.9 Å². The van der Waals surface area contributed by atoms with Gasteiger partial charge in [0.2, 0.25) is 0 Å². The van der Waals surface area contributed by atoms with Crippen molar-refractivity contribution in [3.63, 3.8) is 0 Å². The lowest BCUT2D eigenvalue weighted by atomic mass is 9.85. The maximum Gasteiger partial charge on any atom is 0.119 e. The summed E-state index contributed by atoms with van der Waals surface area (Å²) in [7, 11) is 1.71. The fraction of sp³-hybridized carbons (Fsp3) is 0.647. The third-order valence-corrected chi connectivity index (χ3v) is 5.32. The highest BCUT2D eigenvalue weighted by Crippen LogP contribution is 2.35. The van der Waals surface area contributed by atoms with Gasteiger partial charge in [-0.25, -0.2) is 0 Å². The molecule has 0 bridgehead atoms. The topological polar surface area (TPSA) is 38.5 Å². The van der Waals surface area contributed by atoms with Gasteiger partial charge in [0, 0.05) is 17.1 Å². The van der Waals surface area contributed by atoms with Gasteiger partial charge in [0.25, 0.3) is 0 Å². The summed E-state index contributed by atoms with van der Waals surface area (Å²) in [5, 5.41) is 0. The number of likely N-dealkylation sites (tertiary alicyclic amines) is 1. The highest BCUT2D eigenvalue weighted by Gasteiger charge is 2.28. The van der Waals surface area contributed by atoms with E-state index in [9.17, 15) is 0 Å². The van der Waals surface area contributed by atoms with Crippen LogP contribution in [0.15, 0.2) is 22.7 Å². The molecule has 0 saturated carbocycles. The van der Waals surface area contributed by atoms with E-state index in [1.165, 1.54) is 24.8 Å². The standard InChI is InChI=1S/C17H27BrN2O/c1-17(2)7-4-9-20(10-8-17)16(12-19)14-11-13(21-3)5-6-15(14)18/h5-6,11,16H,4,7-10,12,19H2,1-3H3. The van der Waals surface area contributed by atoms with Crippen molar-refractivity contribution in [3.8, 4) is 5.75 Å². The van der Waals surface area contributed by atoms with Crippen molar-refractivity contribution in [1.29, 1.82) is 0 Å². The van der Waals surface area contributed by atoms with Crippen molar-refractivity contribution in [2.75, 3.05) is 26.7 Å². The lowest BCUT2D eigenvalue weighted by Crippen LogP contribution is -2.35. The third kappa shape index (κ3) is 4.21. The number of halogens is 1. The number of ether oxygens (including phenoxy) is 1. The SMILES string of the molecule is COc1ccc(Br)c(C(CN)N2CCCC(C)(C)CC2)c1. The maximum atomic E-state index is 6.11. The zero-order valence-electron chi connectivity index (χ0n) is 13.4. The molecule has 1 aliphatic rings. The van der Waals surface area contributed by atoms with Crippen molar-refractivity contribution in [2.24, 2.45) is 11.1 Å². The Morgan fingerprint density at radius 2 is 2.10 bits per heavy atom. The summed E-state index contributed by atoms with van der Waals surface area (Å²) in [4.78, 5) is 2.54. The van der Waals surface area contributed by atoms with Crippen LogP contribution in [0.3, 0.4) is 0 Å². The van der Waals surface area contributed by atoms with E-state index in [1.807, 2.05) is 6.07 Å². The number of hydrogen-bond donors (Lipinski definition) is 1. The molecule has 1 fully saturated rings. The minimum absolute atomic E-state index is 0.253. The zero-order chi connectivity index (χ0) is 15.5. The van der Waals surface area contributed by atoms with E-state index in [1.54, 1.807) is 7.11 Å². The second-order valence-corrected chi connectivity index (χ2v) is 7.55. The Balaban J connectivity index is 2.23. The molecule has 3 nitrogen and oxygen atoms in total. The molecule has 1 aliphatic heterocycles. The Labute approximate surface area is 137 Å². The first-order valence-corrected chi connectivity index (χ1v) is 8.54. The number of methoxy groups -OCH3 is 1. The molecule has 2 N–H and O–H groups in total. The Morgan fingerprint density at radius 1 is 1.33 bits per heavy atom. The van der Waals surface area contributed by atoms with Gasteiger partial charge < -0.3 is 10.5 Å². The van der Waals surface area contributed by atoms with Crippen LogP contribution in [0.5, 0.6) is 5.75 Å². The van der Waals surface area contributed by atoms with Crippen molar-refractivity contribution < 1.29 is 4.74 Å². The van der Waals surface area contributed by atoms with Gasteiger partial charge in [0.05, 0.1) is 7.11 Å². The molecule has 1 atom stereocenters. The molecule has 0 aliphatic carbocycles. The molecule has 4 heteroatoms. The van der Waals surface area contributed by atoms with Gasteiger partial charge >= 0.3 is 0 Å². The van der Waals surface area contributed by atoms with Crippen LogP contribution >= 0.6 is 15.9 Å². The Bertz CT molecular complexity index is 476. The number of rotatable bonds is 4. The monoisotopic (exact) mass is 354 g/mol. The highest BCUT2D eigenvalue weighted by molar-refractivity contribution is 9.10. The smallest absolute Gasteiger partial charge is 0.119 e. The highest BCUT2D eigenvalue weighted by atomic mass is 79.9. The van der Waals surface area contributed by atoms with Gasteiger partial charge in [0.1, 0.15) is 5.75 Å². The summed E-state index contributed by atoms with van der Waals surface area (Å²) in [6, 6.07) is 6.39. The molecule has 1 aromatic rings. The van der Waals surface area contributed by atoms with Crippen molar-refractivity contribution in [2.45, 2.75) is 39.2 Å². The van der Waals surface area contributed by atoms with Gasteiger partial charge in [-0.15, -0.1) is 0 Å².